The maximum Gasteiger partial charge on any atom is 0.287 e. The van der Waals surface area contributed by atoms with Crippen LogP contribution in [0.5, 0.6) is 0 Å². The molecule has 0 spiro atoms. The normalized spacial score (nSPS) is 11.1. The van der Waals surface area contributed by atoms with Crippen molar-refractivity contribution in [2.24, 2.45) is 0 Å². The van der Waals surface area contributed by atoms with Crippen LogP contribution in [-0.4, -0.2) is 9.78 Å². The maximum atomic E-state index is 12.0. The Bertz CT molecular complexity index is 648. The molecule has 0 saturated carbocycles. The average Bonchev–Trinajstić information content (AvgIpc) is 2.87. The lowest BCUT2D eigenvalue weighted by molar-refractivity contribution is 0.503. The van der Waals surface area contributed by atoms with Gasteiger partial charge in [0.15, 0.2) is 0 Å². The maximum absolute atomic E-state index is 12.0. The van der Waals surface area contributed by atoms with Crippen molar-refractivity contribution in [1.29, 1.82) is 0 Å². The summed E-state index contributed by atoms with van der Waals surface area (Å²) in [6.45, 7) is 6.59. The van der Waals surface area contributed by atoms with Gasteiger partial charge in [0, 0.05) is 11.4 Å². The molecule has 0 saturated heterocycles. The Morgan fingerprint density at radius 1 is 1.50 bits per heavy atom. The molecule has 20 heavy (non-hydrogen) atoms. The van der Waals surface area contributed by atoms with E-state index in [-0.39, 0.29) is 16.6 Å². The fourth-order valence-electron chi connectivity index (χ4n) is 1.95. The SMILES string of the molecule is CCc1ccsc1CNc1cnn(C(C)C)c(=O)c1Cl. The number of halogens is 1. The summed E-state index contributed by atoms with van der Waals surface area (Å²) < 4.78 is 1.39. The molecule has 2 rings (SSSR count). The Hall–Kier alpha value is -1.33. The second-order valence-corrected chi connectivity index (χ2v) is 6.17. The van der Waals surface area contributed by atoms with E-state index in [0.717, 1.165) is 6.42 Å². The summed E-state index contributed by atoms with van der Waals surface area (Å²) in [4.78, 5) is 13.3. The molecule has 2 aromatic heterocycles. The van der Waals surface area contributed by atoms with E-state index >= 15 is 0 Å². The van der Waals surface area contributed by atoms with E-state index < -0.39 is 0 Å². The van der Waals surface area contributed by atoms with Gasteiger partial charge in [0.2, 0.25) is 0 Å². The van der Waals surface area contributed by atoms with Gasteiger partial charge in [-0.3, -0.25) is 4.79 Å². The molecule has 1 N–H and O–H groups in total. The highest BCUT2D eigenvalue weighted by Gasteiger charge is 2.11. The lowest BCUT2D eigenvalue weighted by Gasteiger charge is -2.12. The zero-order chi connectivity index (χ0) is 14.7. The summed E-state index contributed by atoms with van der Waals surface area (Å²) in [6.07, 6.45) is 2.62. The Kier molecular flexibility index (Phi) is 4.83. The molecule has 4 nitrogen and oxygen atoms in total. The number of rotatable bonds is 5. The van der Waals surface area contributed by atoms with E-state index in [1.54, 1.807) is 17.5 Å². The van der Waals surface area contributed by atoms with Crippen molar-refractivity contribution in [2.75, 3.05) is 5.32 Å². The van der Waals surface area contributed by atoms with Crippen molar-refractivity contribution in [3.63, 3.8) is 0 Å². The first-order valence-electron chi connectivity index (χ1n) is 6.61. The lowest BCUT2D eigenvalue weighted by Crippen LogP contribution is -2.25. The molecule has 2 heterocycles. The van der Waals surface area contributed by atoms with E-state index in [1.807, 2.05) is 13.8 Å². The van der Waals surface area contributed by atoms with Crippen LogP contribution >= 0.6 is 22.9 Å². The highest BCUT2D eigenvalue weighted by molar-refractivity contribution is 7.10. The Balaban J connectivity index is 2.19. The van der Waals surface area contributed by atoms with Gasteiger partial charge in [-0.25, -0.2) is 4.68 Å². The first-order chi connectivity index (χ1) is 9.54. The Labute approximate surface area is 127 Å². The average molecular weight is 312 g/mol. The monoisotopic (exact) mass is 311 g/mol. The first-order valence-corrected chi connectivity index (χ1v) is 7.86. The van der Waals surface area contributed by atoms with Crippen molar-refractivity contribution in [3.8, 4) is 0 Å². The largest absolute Gasteiger partial charge is 0.377 e. The third kappa shape index (κ3) is 3.04. The second-order valence-electron chi connectivity index (χ2n) is 4.79. The summed E-state index contributed by atoms with van der Waals surface area (Å²) >= 11 is 7.83. The molecule has 0 aliphatic carbocycles. The van der Waals surface area contributed by atoms with E-state index in [0.29, 0.717) is 12.2 Å². The summed E-state index contributed by atoms with van der Waals surface area (Å²) in [6, 6.07) is 2.12. The van der Waals surface area contributed by atoms with E-state index in [2.05, 4.69) is 28.8 Å². The number of anilines is 1. The lowest BCUT2D eigenvalue weighted by atomic mass is 10.2. The van der Waals surface area contributed by atoms with Gasteiger partial charge in [0.25, 0.3) is 5.56 Å². The fourth-order valence-corrected chi connectivity index (χ4v) is 3.07. The zero-order valence-corrected chi connectivity index (χ0v) is 13.4. The molecule has 0 aliphatic rings. The molecule has 0 amide bonds. The second kappa shape index (κ2) is 6.41. The van der Waals surface area contributed by atoms with Gasteiger partial charge in [-0.1, -0.05) is 18.5 Å². The minimum atomic E-state index is -0.256. The van der Waals surface area contributed by atoms with Gasteiger partial charge in [0.05, 0.1) is 17.9 Å². The van der Waals surface area contributed by atoms with Crippen molar-refractivity contribution >= 4 is 28.6 Å². The third-order valence-electron chi connectivity index (χ3n) is 3.09. The predicted molar refractivity (Wildman–Crippen MR) is 84.9 cm³/mol. The molecule has 6 heteroatoms. The number of hydrogen-bond acceptors (Lipinski definition) is 4. The molecule has 0 radical (unpaired) electrons. The highest BCUT2D eigenvalue weighted by Crippen LogP contribution is 2.21. The number of hydrogen-bond donors (Lipinski definition) is 1. The van der Waals surface area contributed by atoms with Crippen molar-refractivity contribution in [3.05, 3.63) is 43.5 Å². The summed E-state index contributed by atoms with van der Waals surface area (Å²) in [7, 11) is 0. The van der Waals surface area contributed by atoms with Crippen LogP contribution in [0.4, 0.5) is 5.69 Å². The minimum Gasteiger partial charge on any atom is -0.377 e. The van der Waals surface area contributed by atoms with Gasteiger partial charge in [-0.2, -0.15) is 5.10 Å². The van der Waals surface area contributed by atoms with E-state index in [4.69, 9.17) is 11.6 Å². The number of nitrogens with zero attached hydrogens (tertiary/aromatic N) is 2. The van der Waals surface area contributed by atoms with E-state index in [1.165, 1.54) is 15.1 Å². The van der Waals surface area contributed by atoms with Crippen LogP contribution in [0.3, 0.4) is 0 Å². The van der Waals surface area contributed by atoms with Gasteiger partial charge in [-0.05, 0) is 37.3 Å². The van der Waals surface area contributed by atoms with Gasteiger partial charge < -0.3 is 5.32 Å². The zero-order valence-electron chi connectivity index (χ0n) is 11.8. The van der Waals surface area contributed by atoms with E-state index in [9.17, 15) is 4.79 Å². The Morgan fingerprint density at radius 3 is 2.90 bits per heavy atom. The van der Waals surface area contributed by atoms with Crippen LogP contribution in [0.25, 0.3) is 0 Å². The molecular formula is C14H18ClN3OS. The van der Waals surface area contributed by atoms with Crippen LogP contribution < -0.4 is 10.9 Å². The number of aromatic nitrogens is 2. The molecular weight excluding hydrogens is 294 g/mol. The molecule has 2 aromatic rings. The first kappa shape index (κ1) is 15.1. The van der Waals surface area contributed by atoms with Crippen LogP contribution in [0, 0.1) is 0 Å². The molecule has 0 unspecified atom stereocenters. The number of nitrogens with one attached hydrogen (secondary N) is 1. The van der Waals surface area contributed by atoms with Crippen LogP contribution in [0.2, 0.25) is 5.02 Å². The van der Waals surface area contributed by atoms with Gasteiger partial charge in [0.1, 0.15) is 5.02 Å². The van der Waals surface area contributed by atoms with Crippen molar-refractivity contribution in [1.82, 2.24) is 9.78 Å². The highest BCUT2D eigenvalue weighted by atomic mass is 35.5. The molecule has 108 valence electrons. The quantitative estimate of drug-likeness (QED) is 0.915. The van der Waals surface area contributed by atoms with Gasteiger partial charge in [-0.15, -0.1) is 11.3 Å². The summed E-state index contributed by atoms with van der Waals surface area (Å²) in [5, 5.41) is 9.61. The standard InChI is InChI=1S/C14H18ClN3OS/c1-4-10-5-6-20-12(10)8-16-11-7-17-18(9(2)3)14(19)13(11)15/h5-7,9,16H,4,8H2,1-3H3. The third-order valence-corrected chi connectivity index (χ3v) is 4.42. The van der Waals surface area contributed by atoms with Crippen molar-refractivity contribution in [2.45, 2.75) is 39.8 Å². The molecule has 0 aliphatic heterocycles. The fraction of sp³-hybridized carbons (Fsp3) is 0.429. The molecule has 0 aromatic carbocycles. The minimum absolute atomic E-state index is 0.00181. The van der Waals surface area contributed by atoms with Crippen LogP contribution in [-0.2, 0) is 13.0 Å². The van der Waals surface area contributed by atoms with Crippen LogP contribution in [0.1, 0.15) is 37.3 Å². The summed E-state index contributed by atoms with van der Waals surface area (Å²) in [5.74, 6) is 0. The number of aryl methyl sites for hydroxylation is 1. The van der Waals surface area contributed by atoms with Crippen LogP contribution in [0.15, 0.2) is 22.4 Å². The van der Waals surface area contributed by atoms with Crippen molar-refractivity contribution < 1.29 is 0 Å². The Morgan fingerprint density at radius 2 is 2.25 bits per heavy atom. The number of thiophene rings is 1. The summed E-state index contributed by atoms with van der Waals surface area (Å²) in [5.41, 5.74) is 1.65. The van der Waals surface area contributed by atoms with Gasteiger partial charge >= 0.3 is 0 Å². The topological polar surface area (TPSA) is 46.9 Å². The smallest absolute Gasteiger partial charge is 0.287 e. The molecule has 0 bridgehead atoms. The molecule has 0 fully saturated rings. The predicted octanol–water partition coefficient (Wildman–Crippen LogP) is 3.71. The molecule has 0 atom stereocenters.